The first kappa shape index (κ1) is 16.4. The molecule has 0 bridgehead atoms. The maximum Gasteiger partial charge on any atom is 0.220 e. The largest absolute Gasteiger partial charge is 0.376 e. The predicted octanol–water partition coefficient (Wildman–Crippen LogP) is 2.07. The smallest absolute Gasteiger partial charge is 0.220 e. The summed E-state index contributed by atoms with van der Waals surface area (Å²) in [6.45, 7) is 7.97. The fourth-order valence-corrected chi connectivity index (χ4v) is 2.76. The highest BCUT2D eigenvalue weighted by atomic mass is 16.5. The molecule has 1 heterocycles. The Kier molecular flexibility index (Phi) is 7.39. The predicted molar refractivity (Wildman–Crippen MR) is 77.8 cm³/mol. The van der Waals surface area contributed by atoms with Gasteiger partial charge in [-0.15, -0.1) is 0 Å². The average Bonchev–Trinajstić information content (AvgIpc) is 2.87. The first-order valence-electron chi connectivity index (χ1n) is 7.65. The summed E-state index contributed by atoms with van der Waals surface area (Å²) < 4.78 is 5.59. The lowest BCUT2D eigenvalue weighted by Gasteiger charge is -2.22. The second kappa shape index (κ2) is 8.54. The Bertz CT molecular complexity index is 263. The van der Waals surface area contributed by atoms with Crippen LogP contribution >= 0.6 is 0 Å². The van der Waals surface area contributed by atoms with Crippen molar-refractivity contribution in [3.8, 4) is 0 Å². The molecule has 0 radical (unpaired) electrons. The van der Waals surface area contributed by atoms with Gasteiger partial charge in [0.2, 0.25) is 5.91 Å². The van der Waals surface area contributed by atoms with E-state index in [0.717, 1.165) is 32.3 Å². The molecule has 4 heteroatoms. The van der Waals surface area contributed by atoms with E-state index in [1.807, 2.05) is 6.92 Å². The maximum atomic E-state index is 11.9. The van der Waals surface area contributed by atoms with Gasteiger partial charge in [0.15, 0.2) is 0 Å². The molecule has 1 amide bonds. The Morgan fingerprint density at radius 1 is 1.37 bits per heavy atom. The standard InChI is InChI=1S/C15H30N2O2/c1-11(2)13(8-9-16)6-7-15(18)17-12(3)14-5-4-10-19-14/h11-14H,4-10,16H2,1-3H3,(H,17,18). The van der Waals surface area contributed by atoms with Gasteiger partial charge in [-0.2, -0.15) is 0 Å². The van der Waals surface area contributed by atoms with Crippen molar-refractivity contribution >= 4 is 5.91 Å². The molecule has 0 aromatic carbocycles. The molecule has 1 rings (SSSR count). The molecule has 3 atom stereocenters. The number of hydrogen-bond donors (Lipinski definition) is 2. The Morgan fingerprint density at radius 3 is 2.63 bits per heavy atom. The zero-order chi connectivity index (χ0) is 14.3. The molecular formula is C15H30N2O2. The molecule has 3 N–H and O–H groups in total. The molecule has 1 aliphatic rings. The molecule has 3 unspecified atom stereocenters. The van der Waals surface area contributed by atoms with E-state index in [4.69, 9.17) is 10.5 Å². The van der Waals surface area contributed by atoms with Crippen LogP contribution in [-0.2, 0) is 9.53 Å². The van der Waals surface area contributed by atoms with E-state index in [1.54, 1.807) is 0 Å². The van der Waals surface area contributed by atoms with Crippen LogP contribution in [0, 0.1) is 11.8 Å². The van der Waals surface area contributed by atoms with E-state index in [9.17, 15) is 4.79 Å². The molecule has 0 aromatic heterocycles. The molecular weight excluding hydrogens is 240 g/mol. The van der Waals surface area contributed by atoms with Crippen molar-refractivity contribution in [3.05, 3.63) is 0 Å². The van der Waals surface area contributed by atoms with Gasteiger partial charge in [0.05, 0.1) is 12.1 Å². The molecule has 0 aromatic rings. The minimum absolute atomic E-state index is 0.127. The summed E-state index contributed by atoms with van der Waals surface area (Å²) in [5.74, 6) is 1.28. The monoisotopic (exact) mass is 270 g/mol. The van der Waals surface area contributed by atoms with Crippen LogP contribution in [-0.4, -0.2) is 31.2 Å². The van der Waals surface area contributed by atoms with Crippen molar-refractivity contribution in [2.45, 2.75) is 65.0 Å². The number of amides is 1. The minimum atomic E-state index is 0.127. The lowest BCUT2D eigenvalue weighted by atomic mass is 9.88. The number of carbonyl (C=O) groups excluding carboxylic acids is 1. The van der Waals surface area contributed by atoms with Gasteiger partial charge in [-0.25, -0.2) is 0 Å². The van der Waals surface area contributed by atoms with Gasteiger partial charge in [0.1, 0.15) is 0 Å². The summed E-state index contributed by atoms with van der Waals surface area (Å²) in [6.07, 6.45) is 4.90. The molecule has 1 fully saturated rings. The molecule has 0 aliphatic carbocycles. The van der Waals surface area contributed by atoms with Crippen LogP contribution in [0.15, 0.2) is 0 Å². The number of nitrogens with two attached hydrogens (primary N) is 1. The van der Waals surface area contributed by atoms with E-state index < -0.39 is 0 Å². The topological polar surface area (TPSA) is 64.4 Å². The van der Waals surface area contributed by atoms with Gasteiger partial charge in [-0.05, 0) is 51.0 Å². The van der Waals surface area contributed by atoms with E-state index in [1.165, 1.54) is 0 Å². The Hall–Kier alpha value is -0.610. The highest BCUT2D eigenvalue weighted by Crippen LogP contribution is 2.20. The molecule has 1 saturated heterocycles. The molecule has 1 aliphatic heterocycles. The summed E-state index contributed by atoms with van der Waals surface area (Å²) in [5, 5.41) is 3.06. The van der Waals surface area contributed by atoms with Gasteiger partial charge in [-0.3, -0.25) is 4.79 Å². The number of rotatable bonds is 8. The summed E-state index contributed by atoms with van der Waals surface area (Å²) in [4.78, 5) is 11.9. The zero-order valence-electron chi connectivity index (χ0n) is 12.7. The van der Waals surface area contributed by atoms with E-state index in [0.29, 0.717) is 24.8 Å². The fraction of sp³-hybridized carbons (Fsp3) is 0.933. The average molecular weight is 270 g/mol. The van der Waals surface area contributed by atoms with Crippen LogP contribution in [0.1, 0.15) is 52.9 Å². The molecule has 112 valence electrons. The van der Waals surface area contributed by atoms with Crippen molar-refractivity contribution in [1.82, 2.24) is 5.32 Å². The summed E-state index contributed by atoms with van der Waals surface area (Å²) in [5.41, 5.74) is 5.62. The van der Waals surface area contributed by atoms with Crippen molar-refractivity contribution in [2.75, 3.05) is 13.2 Å². The van der Waals surface area contributed by atoms with Crippen LogP contribution in [0.3, 0.4) is 0 Å². The van der Waals surface area contributed by atoms with Crippen LogP contribution in [0.2, 0.25) is 0 Å². The second-order valence-corrected chi connectivity index (χ2v) is 6.03. The molecule has 4 nitrogen and oxygen atoms in total. The van der Waals surface area contributed by atoms with E-state index in [-0.39, 0.29) is 18.1 Å². The summed E-state index contributed by atoms with van der Waals surface area (Å²) in [6, 6.07) is 0.127. The third-order valence-electron chi connectivity index (χ3n) is 4.13. The zero-order valence-corrected chi connectivity index (χ0v) is 12.7. The minimum Gasteiger partial charge on any atom is -0.376 e. The van der Waals surface area contributed by atoms with Crippen molar-refractivity contribution in [3.63, 3.8) is 0 Å². The third-order valence-corrected chi connectivity index (χ3v) is 4.13. The SMILES string of the molecule is CC(C)C(CCN)CCC(=O)NC(C)C1CCCO1. The Labute approximate surface area is 117 Å². The van der Waals surface area contributed by atoms with Gasteiger partial charge in [0, 0.05) is 13.0 Å². The summed E-state index contributed by atoms with van der Waals surface area (Å²) >= 11 is 0. The fourth-order valence-electron chi connectivity index (χ4n) is 2.76. The number of carbonyl (C=O) groups is 1. The lowest BCUT2D eigenvalue weighted by molar-refractivity contribution is -0.122. The van der Waals surface area contributed by atoms with Crippen LogP contribution in [0.25, 0.3) is 0 Å². The Balaban J connectivity index is 2.25. The lowest BCUT2D eigenvalue weighted by Crippen LogP contribution is -2.40. The maximum absolute atomic E-state index is 11.9. The highest BCUT2D eigenvalue weighted by Gasteiger charge is 2.23. The Morgan fingerprint density at radius 2 is 2.11 bits per heavy atom. The van der Waals surface area contributed by atoms with Crippen molar-refractivity contribution in [1.29, 1.82) is 0 Å². The quantitative estimate of drug-likeness (QED) is 0.709. The molecule has 0 saturated carbocycles. The van der Waals surface area contributed by atoms with Crippen LogP contribution in [0.5, 0.6) is 0 Å². The van der Waals surface area contributed by atoms with E-state index >= 15 is 0 Å². The first-order chi connectivity index (χ1) is 9.04. The van der Waals surface area contributed by atoms with Crippen LogP contribution in [0.4, 0.5) is 0 Å². The third kappa shape index (κ3) is 5.91. The van der Waals surface area contributed by atoms with Gasteiger partial charge in [-0.1, -0.05) is 13.8 Å². The normalized spacial score (nSPS) is 22.5. The van der Waals surface area contributed by atoms with Crippen LogP contribution < -0.4 is 11.1 Å². The van der Waals surface area contributed by atoms with Gasteiger partial charge >= 0.3 is 0 Å². The highest BCUT2D eigenvalue weighted by molar-refractivity contribution is 5.76. The summed E-state index contributed by atoms with van der Waals surface area (Å²) in [7, 11) is 0. The van der Waals surface area contributed by atoms with E-state index in [2.05, 4.69) is 19.2 Å². The number of ether oxygens (including phenoxy) is 1. The second-order valence-electron chi connectivity index (χ2n) is 6.03. The molecule has 19 heavy (non-hydrogen) atoms. The molecule has 0 spiro atoms. The van der Waals surface area contributed by atoms with Gasteiger partial charge in [0.25, 0.3) is 0 Å². The van der Waals surface area contributed by atoms with Crippen molar-refractivity contribution in [2.24, 2.45) is 17.6 Å². The van der Waals surface area contributed by atoms with Crippen molar-refractivity contribution < 1.29 is 9.53 Å². The number of nitrogens with one attached hydrogen (secondary N) is 1. The van der Waals surface area contributed by atoms with Gasteiger partial charge < -0.3 is 15.8 Å². The first-order valence-corrected chi connectivity index (χ1v) is 7.65. The number of hydrogen-bond acceptors (Lipinski definition) is 3.